The summed E-state index contributed by atoms with van der Waals surface area (Å²) in [5.41, 5.74) is 0.349. The Morgan fingerprint density at radius 3 is 2.61 bits per heavy atom. The van der Waals surface area contributed by atoms with E-state index in [0.29, 0.717) is 12.1 Å². The number of hydrogen-bond donors (Lipinski definition) is 2. The number of carbonyl (C=O) groups is 2. The summed E-state index contributed by atoms with van der Waals surface area (Å²) in [6.07, 6.45) is 7.88. The number of furan rings is 1. The Morgan fingerprint density at radius 2 is 1.90 bits per heavy atom. The van der Waals surface area contributed by atoms with Crippen LogP contribution in [0.25, 0.3) is 0 Å². The Morgan fingerprint density at radius 1 is 1.13 bits per heavy atom. The summed E-state index contributed by atoms with van der Waals surface area (Å²) in [5.74, 6) is 0.0933. The third kappa shape index (κ3) is 5.22. The third-order valence-corrected chi connectivity index (χ3v) is 6.60. The molecule has 4 rings (SSSR count). The fourth-order valence-electron chi connectivity index (χ4n) is 4.86. The highest BCUT2D eigenvalue weighted by molar-refractivity contribution is 6.05. The summed E-state index contributed by atoms with van der Waals surface area (Å²) in [5, 5.41) is 2.10. The average Bonchev–Trinajstić information content (AvgIpc) is 3.26. The summed E-state index contributed by atoms with van der Waals surface area (Å²) in [4.78, 5) is 29.1. The number of rotatable bonds is 6. The Labute approximate surface area is 182 Å². The molecule has 2 atom stereocenters. The topological polar surface area (TPSA) is 71.6 Å². The van der Waals surface area contributed by atoms with Gasteiger partial charge in [0.2, 0.25) is 0 Å². The molecule has 2 aliphatic rings. The van der Waals surface area contributed by atoms with Crippen molar-refractivity contribution < 1.29 is 28.6 Å². The molecule has 2 amide bonds. The van der Waals surface area contributed by atoms with Crippen molar-refractivity contribution in [3.05, 3.63) is 59.8 Å². The zero-order chi connectivity index (χ0) is 21.6. The molecular formula is C24H32FN3O3+2. The summed E-state index contributed by atoms with van der Waals surface area (Å²) < 4.78 is 19.0. The lowest BCUT2D eigenvalue weighted by molar-refractivity contribution is -0.951. The standard InChI is InChI=1S/C24H30FN3O3/c25-19-11-9-18(10-12-19)23(29)28-15-5-2-7-20(24(28)30)26-17-21(22-8-6-16-31-22)27-13-3-1-4-14-27/h6,8-12,16,20-21,26H,1-5,7,13-15,17H2/p+2/t20-,21-/m1/s1. The van der Waals surface area contributed by atoms with E-state index >= 15 is 0 Å². The first kappa shape index (κ1) is 21.7. The van der Waals surface area contributed by atoms with Crippen molar-refractivity contribution >= 4 is 11.8 Å². The normalized spacial score (nSPS) is 21.6. The van der Waals surface area contributed by atoms with Gasteiger partial charge in [-0.3, -0.25) is 14.5 Å². The van der Waals surface area contributed by atoms with Crippen molar-refractivity contribution in [2.75, 3.05) is 26.2 Å². The lowest BCUT2D eigenvalue weighted by atomic mass is 10.1. The third-order valence-electron chi connectivity index (χ3n) is 6.60. The zero-order valence-electron chi connectivity index (χ0n) is 17.9. The zero-order valence-corrected chi connectivity index (χ0v) is 17.9. The number of benzene rings is 1. The largest absolute Gasteiger partial charge is 0.463 e. The van der Waals surface area contributed by atoms with E-state index < -0.39 is 5.82 Å². The van der Waals surface area contributed by atoms with Crippen LogP contribution >= 0.6 is 0 Å². The number of nitrogens with one attached hydrogen (secondary N) is 1. The van der Waals surface area contributed by atoms with Crippen molar-refractivity contribution in [1.29, 1.82) is 0 Å². The molecule has 2 aliphatic heterocycles. The van der Waals surface area contributed by atoms with Gasteiger partial charge in [-0.15, -0.1) is 0 Å². The van der Waals surface area contributed by atoms with Crippen LogP contribution in [0.1, 0.15) is 60.7 Å². The second-order valence-corrected chi connectivity index (χ2v) is 8.66. The molecule has 166 valence electrons. The highest BCUT2D eigenvalue weighted by Crippen LogP contribution is 2.15. The van der Waals surface area contributed by atoms with Gasteiger partial charge in [-0.25, -0.2) is 4.39 Å². The maximum Gasteiger partial charge on any atom is 0.287 e. The molecule has 31 heavy (non-hydrogen) atoms. The molecule has 0 bridgehead atoms. The number of nitrogens with two attached hydrogens (primary N) is 1. The number of likely N-dealkylation sites (tertiary alicyclic amines) is 2. The fraction of sp³-hybridized carbons (Fsp3) is 0.500. The molecule has 0 radical (unpaired) electrons. The van der Waals surface area contributed by atoms with Gasteiger partial charge in [-0.05, 0) is 68.5 Å². The Hall–Kier alpha value is -2.51. The van der Waals surface area contributed by atoms with Gasteiger partial charge in [-0.2, -0.15) is 0 Å². The van der Waals surface area contributed by atoms with Crippen LogP contribution in [-0.4, -0.2) is 48.9 Å². The number of nitrogens with zero attached hydrogens (tertiary/aromatic N) is 1. The molecule has 0 aliphatic carbocycles. The van der Waals surface area contributed by atoms with Gasteiger partial charge in [-0.1, -0.05) is 0 Å². The van der Waals surface area contributed by atoms with E-state index in [1.165, 1.54) is 53.3 Å². The Balaban J connectivity index is 1.45. The fourth-order valence-corrected chi connectivity index (χ4v) is 4.86. The predicted octanol–water partition coefficient (Wildman–Crippen LogP) is 1.31. The van der Waals surface area contributed by atoms with E-state index in [2.05, 4.69) is 5.32 Å². The molecule has 0 spiro atoms. The Kier molecular flexibility index (Phi) is 7.14. The number of carbonyl (C=O) groups excluding carboxylic acids is 2. The summed E-state index contributed by atoms with van der Waals surface area (Å²) in [6.45, 7) is 3.40. The van der Waals surface area contributed by atoms with Gasteiger partial charge < -0.3 is 14.6 Å². The first-order valence-electron chi connectivity index (χ1n) is 11.5. The minimum absolute atomic E-state index is 0.140. The van der Waals surface area contributed by atoms with Crippen molar-refractivity contribution in [3.8, 4) is 0 Å². The van der Waals surface area contributed by atoms with Gasteiger partial charge in [0.15, 0.2) is 17.8 Å². The molecule has 1 aromatic carbocycles. The SMILES string of the molecule is O=C(c1ccc(F)cc1)N1CCCC[C@@H]([NH2+]C[C@H](c2ccco2)[NH+]2CCCCC2)C1=O. The average molecular weight is 430 g/mol. The molecule has 3 heterocycles. The maximum atomic E-state index is 13.3. The molecule has 6 nitrogen and oxygen atoms in total. The molecule has 0 unspecified atom stereocenters. The minimum atomic E-state index is -0.394. The molecule has 7 heteroatoms. The second-order valence-electron chi connectivity index (χ2n) is 8.66. The van der Waals surface area contributed by atoms with Gasteiger partial charge >= 0.3 is 0 Å². The number of hydrogen-bond acceptors (Lipinski definition) is 3. The maximum absolute atomic E-state index is 13.3. The van der Waals surface area contributed by atoms with Crippen molar-refractivity contribution in [1.82, 2.24) is 4.90 Å². The second kappa shape index (κ2) is 10.2. The summed E-state index contributed by atoms with van der Waals surface area (Å²) in [6, 6.07) is 9.28. The van der Waals surface area contributed by atoms with Crippen molar-refractivity contribution in [3.63, 3.8) is 0 Å². The van der Waals surface area contributed by atoms with E-state index in [1.54, 1.807) is 6.26 Å². The molecular weight excluding hydrogens is 397 g/mol. The number of imide groups is 1. The number of amides is 2. The molecule has 2 fully saturated rings. The van der Waals surface area contributed by atoms with E-state index in [1.807, 2.05) is 12.1 Å². The predicted molar refractivity (Wildman–Crippen MR) is 113 cm³/mol. The number of piperidine rings is 1. The summed E-state index contributed by atoms with van der Waals surface area (Å²) in [7, 11) is 0. The van der Waals surface area contributed by atoms with Crippen LogP contribution in [0.5, 0.6) is 0 Å². The van der Waals surface area contributed by atoms with Crippen molar-refractivity contribution in [2.45, 2.75) is 50.6 Å². The lowest BCUT2D eigenvalue weighted by Gasteiger charge is -2.30. The van der Waals surface area contributed by atoms with Crippen LogP contribution in [-0.2, 0) is 4.79 Å². The van der Waals surface area contributed by atoms with E-state index in [4.69, 9.17) is 4.42 Å². The number of quaternary nitrogens is 2. The number of halogens is 1. The van der Waals surface area contributed by atoms with Crippen LogP contribution in [0.15, 0.2) is 47.1 Å². The van der Waals surface area contributed by atoms with Gasteiger partial charge in [0.1, 0.15) is 12.4 Å². The van der Waals surface area contributed by atoms with Gasteiger partial charge in [0.25, 0.3) is 11.8 Å². The molecule has 1 aromatic heterocycles. The van der Waals surface area contributed by atoms with Crippen LogP contribution in [0.4, 0.5) is 4.39 Å². The van der Waals surface area contributed by atoms with Crippen LogP contribution in [0, 0.1) is 5.82 Å². The van der Waals surface area contributed by atoms with Gasteiger partial charge in [0.05, 0.1) is 19.4 Å². The van der Waals surface area contributed by atoms with Crippen molar-refractivity contribution in [2.24, 2.45) is 0 Å². The van der Waals surface area contributed by atoms with E-state index in [-0.39, 0.29) is 23.9 Å². The molecule has 2 saturated heterocycles. The summed E-state index contributed by atoms with van der Waals surface area (Å²) >= 11 is 0. The van der Waals surface area contributed by atoms with Crippen LogP contribution in [0.3, 0.4) is 0 Å². The highest BCUT2D eigenvalue weighted by Gasteiger charge is 2.36. The monoisotopic (exact) mass is 429 g/mol. The Bertz CT molecular complexity index is 863. The smallest absolute Gasteiger partial charge is 0.287 e. The van der Waals surface area contributed by atoms with Crippen LogP contribution < -0.4 is 10.2 Å². The first-order valence-corrected chi connectivity index (χ1v) is 11.5. The lowest BCUT2D eigenvalue weighted by Crippen LogP contribution is -3.16. The van der Waals surface area contributed by atoms with E-state index in [0.717, 1.165) is 44.7 Å². The molecule has 3 N–H and O–H groups in total. The first-order chi connectivity index (χ1) is 15.1. The molecule has 0 saturated carbocycles. The van der Waals surface area contributed by atoms with Gasteiger partial charge in [0, 0.05) is 18.5 Å². The molecule has 2 aromatic rings. The quantitative estimate of drug-likeness (QED) is 0.681. The van der Waals surface area contributed by atoms with E-state index in [9.17, 15) is 14.0 Å². The van der Waals surface area contributed by atoms with Crippen LogP contribution in [0.2, 0.25) is 0 Å². The minimum Gasteiger partial charge on any atom is -0.463 e. The highest BCUT2D eigenvalue weighted by atomic mass is 19.1.